The Hall–Kier alpha value is -6.78. The number of rotatable bonds is 5. The summed E-state index contributed by atoms with van der Waals surface area (Å²) in [4.78, 5) is 10.2. The van der Waals surface area contributed by atoms with Gasteiger partial charge in [-0.3, -0.25) is 0 Å². The molecule has 0 bridgehead atoms. The van der Waals surface area contributed by atoms with Crippen molar-refractivity contribution >= 4 is 43.9 Å². The molecule has 7 aromatic carbocycles. The fraction of sp³-hybridized carbons (Fsp3) is 0. The summed E-state index contributed by atoms with van der Waals surface area (Å²) in [6, 6.07) is 61.5. The number of hydrogen-bond acceptors (Lipinski definition) is 3. The smallest absolute Gasteiger partial charge is 0.180 e. The molecule has 0 spiro atoms. The van der Waals surface area contributed by atoms with E-state index < -0.39 is 0 Å². The molecule has 0 unspecified atom stereocenters. The molecule has 0 amide bonds. The third-order valence-corrected chi connectivity index (χ3v) is 9.61. The summed E-state index contributed by atoms with van der Waals surface area (Å²) in [6.07, 6.45) is 0. The number of aromatic nitrogens is 3. The summed E-state index contributed by atoms with van der Waals surface area (Å²) < 4.78 is 8.97. The van der Waals surface area contributed by atoms with Gasteiger partial charge in [-0.15, -0.1) is 0 Å². The van der Waals surface area contributed by atoms with Crippen molar-refractivity contribution in [3.05, 3.63) is 176 Å². The molecule has 0 fully saturated rings. The average molecular weight is 640 g/mol. The van der Waals surface area contributed by atoms with E-state index in [0.29, 0.717) is 11.4 Å². The number of para-hydroxylation sites is 2. The van der Waals surface area contributed by atoms with Gasteiger partial charge in [0, 0.05) is 27.6 Å². The van der Waals surface area contributed by atoms with Crippen LogP contribution in [0, 0.1) is 0 Å². The zero-order valence-corrected chi connectivity index (χ0v) is 27.0. The lowest BCUT2D eigenvalue weighted by atomic mass is 9.96. The van der Waals surface area contributed by atoms with Crippen LogP contribution in [0.1, 0.15) is 0 Å². The van der Waals surface area contributed by atoms with Crippen LogP contribution < -0.4 is 0 Å². The molecule has 10 rings (SSSR count). The third kappa shape index (κ3) is 4.54. The first kappa shape index (κ1) is 28.3. The number of fused-ring (bicyclic) bond motifs is 6. The van der Waals surface area contributed by atoms with Crippen molar-refractivity contribution in [3.63, 3.8) is 0 Å². The van der Waals surface area contributed by atoms with E-state index in [1.165, 1.54) is 21.8 Å². The Morgan fingerprint density at radius 2 is 1.02 bits per heavy atom. The van der Waals surface area contributed by atoms with E-state index in [4.69, 9.17) is 14.4 Å². The van der Waals surface area contributed by atoms with Crippen LogP contribution in [0.3, 0.4) is 0 Å². The molecule has 50 heavy (non-hydrogen) atoms. The fourth-order valence-electron chi connectivity index (χ4n) is 7.33. The summed E-state index contributed by atoms with van der Waals surface area (Å²) in [5.41, 5.74) is 13.0. The van der Waals surface area contributed by atoms with E-state index in [0.717, 1.165) is 61.2 Å². The Labute approximate surface area is 288 Å². The number of nitrogens with zero attached hydrogens (tertiary/aromatic N) is 3. The standard InChI is InChI=1S/C46H29N3O/c1-3-14-30(15-4-1)43-45-44(48-46(47-43)31-16-5-2-6-17-31)42-36(24-13-27-41(42)50-45)34-20-11-18-32(28-34)33-19-12-21-35(29-33)49-39-25-9-7-22-37(39)38-23-8-10-26-40(38)49/h1-29H. The first-order valence-corrected chi connectivity index (χ1v) is 16.8. The predicted octanol–water partition coefficient (Wildman–Crippen LogP) is 12.1. The molecule has 0 aliphatic rings. The molecule has 10 aromatic rings. The maximum Gasteiger partial charge on any atom is 0.180 e. The van der Waals surface area contributed by atoms with Crippen molar-refractivity contribution in [3.8, 4) is 50.6 Å². The monoisotopic (exact) mass is 639 g/mol. The van der Waals surface area contributed by atoms with Crippen molar-refractivity contribution in [1.82, 2.24) is 14.5 Å². The molecular weight excluding hydrogens is 611 g/mol. The lowest BCUT2D eigenvalue weighted by molar-refractivity contribution is 0.667. The molecule has 4 heteroatoms. The van der Waals surface area contributed by atoms with Gasteiger partial charge in [0.1, 0.15) is 16.8 Å². The Kier molecular flexibility index (Phi) is 6.46. The van der Waals surface area contributed by atoms with Crippen molar-refractivity contribution in [2.45, 2.75) is 0 Å². The Balaban J connectivity index is 1.15. The highest BCUT2D eigenvalue weighted by Gasteiger charge is 2.21. The molecule has 4 nitrogen and oxygen atoms in total. The molecule has 0 saturated heterocycles. The molecule has 234 valence electrons. The van der Waals surface area contributed by atoms with Gasteiger partial charge in [0.05, 0.1) is 16.4 Å². The minimum atomic E-state index is 0.671. The molecule has 0 N–H and O–H groups in total. The maximum atomic E-state index is 6.61. The second-order valence-electron chi connectivity index (χ2n) is 12.6. The summed E-state index contributed by atoms with van der Waals surface area (Å²) in [5, 5.41) is 3.49. The van der Waals surface area contributed by atoms with Crippen LogP contribution in [0.4, 0.5) is 0 Å². The quantitative estimate of drug-likeness (QED) is 0.188. The zero-order chi connectivity index (χ0) is 33.0. The van der Waals surface area contributed by atoms with Gasteiger partial charge in [0.15, 0.2) is 11.4 Å². The molecule has 0 atom stereocenters. The van der Waals surface area contributed by atoms with E-state index in [-0.39, 0.29) is 0 Å². The summed E-state index contributed by atoms with van der Waals surface area (Å²) >= 11 is 0. The van der Waals surface area contributed by atoms with Crippen LogP contribution in [-0.4, -0.2) is 14.5 Å². The summed E-state index contributed by atoms with van der Waals surface area (Å²) in [6.45, 7) is 0. The van der Waals surface area contributed by atoms with Crippen molar-refractivity contribution in [2.24, 2.45) is 0 Å². The summed E-state index contributed by atoms with van der Waals surface area (Å²) in [5.74, 6) is 0.671. The van der Waals surface area contributed by atoms with Crippen LogP contribution >= 0.6 is 0 Å². The van der Waals surface area contributed by atoms with Crippen LogP contribution in [0.15, 0.2) is 180 Å². The Morgan fingerprint density at radius 1 is 0.440 bits per heavy atom. The maximum absolute atomic E-state index is 6.61. The van der Waals surface area contributed by atoms with E-state index in [1.807, 2.05) is 42.5 Å². The summed E-state index contributed by atoms with van der Waals surface area (Å²) in [7, 11) is 0. The highest BCUT2D eigenvalue weighted by Crippen LogP contribution is 2.41. The first-order chi connectivity index (χ1) is 24.8. The van der Waals surface area contributed by atoms with Crippen LogP contribution in [0.5, 0.6) is 0 Å². The lowest BCUT2D eigenvalue weighted by Gasteiger charge is -2.11. The number of hydrogen-bond donors (Lipinski definition) is 0. The molecule has 3 aromatic heterocycles. The van der Waals surface area contributed by atoms with Crippen LogP contribution in [0.2, 0.25) is 0 Å². The zero-order valence-electron chi connectivity index (χ0n) is 27.0. The normalized spacial score (nSPS) is 11.6. The third-order valence-electron chi connectivity index (χ3n) is 9.61. The Morgan fingerprint density at radius 3 is 1.76 bits per heavy atom. The minimum absolute atomic E-state index is 0.671. The Bertz CT molecular complexity index is 2810. The number of benzene rings is 7. The first-order valence-electron chi connectivity index (χ1n) is 16.8. The van der Waals surface area contributed by atoms with Crippen molar-refractivity contribution in [2.75, 3.05) is 0 Å². The highest BCUT2D eigenvalue weighted by molar-refractivity contribution is 6.14. The van der Waals surface area contributed by atoms with Gasteiger partial charge in [-0.2, -0.15) is 0 Å². The van der Waals surface area contributed by atoms with Gasteiger partial charge in [0.25, 0.3) is 0 Å². The topological polar surface area (TPSA) is 43.9 Å². The second-order valence-corrected chi connectivity index (χ2v) is 12.6. The molecular formula is C46H29N3O. The van der Waals surface area contributed by atoms with Gasteiger partial charge in [0.2, 0.25) is 0 Å². The molecule has 0 saturated carbocycles. The van der Waals surface area contributed by atoms with Crippen LogP contribution in [0.25, 0.3) is 94.5 Å². The lowest BCUT2D eigenvalue weighted by Crippen LogP contribution is -1.94. The van der Waals surface area contributed by atoms with Crippen LogP contribution in [-0.2, 0) is 0 Å². The van der Waals surface area contributed by atoms with Gasteiger partial charge in [-0.25, -0.2) is 9.97 Å². The van der Waals surface area contributed by atoms with E-state index in [2.05, 4.69) is 138 Å². The van der Waals surface area contributed by atoms with E-state index in [1.54, 1.807) is 0 Å². The van der Waals surface area contributed by atoms with Gasteiger partial charge in [-0.1, -0.05) is 140 Å². The van der Waals surface area contributed by atoms with Gasteiger partial charge < -0.3 is 8.98 Å². The molecule has 3 heterocycles. The van der Waals surface area contributed by atoms with Crippen molar-refractivity contribution < 1.29 is 4.42 Å². The van der Waals surface area contributed by atoms with E-state index in [9.17, 15) is 0 Å². The second kappa shape index (κ2) is 11.4. The largest absolute Gasteiger partial charge is 0.452 e. The van der Waals surface area contributed by atoms with E-state index >= 15 is 0 Å². The molecule has 0 aliphatic carbocycles. The fourth-order valence-corrected chi connectivity index (χ4v) is 7.33. The molecule has 0 aliphatic heterocycles. The predicted molar refractivity (Wildman–Crippen MR) is 205 cm³/mol. The SMILES string of the molecule is c1ccc(-c2nc(-c3ccccc3)c3oc4cccc(-c5cccc(-c6cccc(-n7c8ccccc8c8ccccc87)c6)c5)c4c3n2)cc1. The van der Waals surface area contributed by atoms with Crippen molar-refractivity contribution in [1.29, 1.82) is 0 Å². The molecule has 0 radical (unpaired) electrons. The highest BCUT2D eigenvalue weighted by atomic mass is 16.3. The average Bonchev–Trinajstić information content (AvgIpc) is 3.74. The van der Waals surface area contributed by atoms with Gasteiger partial charge >= 0.3 is 0 Å². The number of furan rings is 1. The van der Waals surface area contributed by atoms with Gasteiger partial charge in [-0.05, 0) is 58.7 Å². The minimum Gasteiger partial charge on any atom is -0.452 e.